The molecule has 5 rings (SSSR count). The van der Waals surface area contributed by atoms with Gasteiger partial charge in [-0.3, -0.25) is 24.6 Å². The fourth-order valence-corrected chi connectivity index (χ4v) is 4.55. The van der Waals surface area contributed by atoms with Crippen molar-refractivity contribution < 1.29 is 14.5 Å². The van der Waals surface area contributed by atoms with Crippen LogP contribution in [0.4, 0.5) is 5.69 Å². The number of hydrogen-bond donors (Lipinski definition) is 1. The molecule has 0 saturated carbocycles. The standard InChI is InChI=1S/C21H17N3O4/c25-20-14-7-9-17-18(15-10-13(24(27)28)6-8-16(15)22-17)19(14)21(26)23(20)11-12-4-2-1-3-5-12/h1-6,8,10,14,19,22H,7,9,11H2. The molecule has 2 heterocycles. The lowest BCUT2D eigenvalue weighted by molar-refractivity contribution is -0.384. The predicted octanol–water partition coefficient (Wildman–Crippen LogP) is 3.29. The molecule has 1 aliphatic heterocycles. The van der Waals surface area contributed by atoms with Gasteiger partial charge >= 0.3 is 0 Å². The van der Waals surface area contributed by atoms with Crippen LogP contribution < -0.4 is 0 Å². The van der Waals surface area contributed by atoms with E-state index < -0.39 is 16.8 Å². The van der Waals surface area contributed by atoms with Crippen LogP contribution in [0, 0.1) is 16.0 Å². The molecule has 2 aromatic carbocycles. The summed E-state index contributed by atoms with van der Waals surface area (Å²) >= 11 is 0. The normalized spacial score (nSPS) is 21.1. The largest absolute Gasteiger partial charge is 0.358 e. The number of likely N-dealkylation sites (tertiary alicyclic amines) is 1. The highest BCUT2D eigenvalue weighted by molar-refractivity contribution is 6.10. The average molecular weight is 375 g/mol. The minimum atomic E-state index is -0.573. The molecule has 1 N–H and O–H groups in total. The zero-order valence-electron chi connectivity index (χ0n) is 14.9. The Morgan fingerprint density at radius 2 is 1.89 bits per heavy atom. The number of non-ortho nitro benzene ring substituents is 1. The third kappa shape index (κ3) is 2.36. The van der Waals surface area contributed by atoms with Gasteiger partial charge in [-0.25, -0.2) is 0 Å². The minimum Gasteiger partial charge on any atom is -0.358 e. The Bertz CT molecular complexity index is 1140. The molecule has 2 aliphatic rings. The molecule has 28 heavy (non-hydrogen) atoms. The van der Waals surface area contributed by atoms with E-state index in [-0.39, 0.29) is 24.0 Å². The van der Waals surface area contributed by atoms with E-state index in [1.54, 1.807) is 6.07 Å². The van der Waals surface area contributed by atoms with Crippen molar-refractivity contribution in [2.45, 2.75) is 25.3 Å². The van der Waals surface area contributed by atoms with E-state index in [1.807, 2.05) is 30.3 Å². The molecule has 1 saturated heterocycles. The summed E-state index contributed by atoms with van der Waals surface area (Å²) in [7, 11) is 0. The number of carbonyl (C=O) groups is 2. The number of amides is 2. The first-order valence-corrected chi connectivity index (χ1v) is 9.22. The molecular weight excluding hydrogens is 358 g/mol. The van der Waals surface area contributed by atoms with E-state index in [9.17, 15) is 19.7 Å². The van der Waals surface area contributed by atoms with Crippen molar-refractivity contribution in [3.63, 3.8) is 0 Å². The zero-order chi connectivity index (χ0) is 19.4. The molecular formula is C21H17N3O4. The Hall–Kier alpha value is -3.48. The quantitative estimate of drug-likeness (QED) is 0.432. The van der Waals surface area contributed by atoms with Crippen molar-refractivity contribution in [2.75, 3.05) is 0 Å². The highest BCUT2D eigenvalue weighted by atomic mass is 16.6. The molecule has 2 amide bonds. The molecule has 7 heteroatoms. The highest BCUT2D eigenvalue weighted by Crippen LogP contribution is 2.46. The number of H-pyrrole nitrogens is 1. The Morgan fingerprint density at radius 1 is 1.11 bits per heavy atom. The average Bonchev–Trinajstić information content (AvgIpc) is 3.19. The number of rotatable bonds is 3. The van der Waals surface area contributed by atoms with Crippen LogP contribution >= 0.6 is 0 Å². The number of hydrogen-bond acceptors (Lipinski definition) is 4. The van der Waals surface area contributed by atoms with E-state index in [2.05, 4.69) is 4.98 Å². The van der Waals surface area contributed by atoms with Gasteiger partial charge in [0.25, 0.3) is 5.69 Å². The van der Waals surface area contributed by atoms with Crippen LogP contribution in [0.3, 0.4) is 0 Å². The molecule has 0 bridgehead atoms. The van der Waals surface area contributed by atoms with Gasteiger partial charge in [0.05, 0.1) is 23.3 Å². The first-order chi connectivity index (χ1) is 13.5. The highest BCUT2D eigenvalue weighted by Gasteiger charge is 2.51. The summed E-state index contributed by atoms with van der Waals surface area (Å²) in [4.78, 5) is 41.6. The predicted molar refractivity (Wildman–Crippen MR) is 102 cm³/mol. The fourth-order valence-electron chi connectivity index (χ4n) is 4.55. The van der Waals surface area contributed by atoms with Crippen molar-refractivity contribution in [1.82, 2.24) is 9.88 Å². The topological polar surface area (TPSA) is 96.3 Å². The van der Waals surface area contributed by atoms with Crippen LogP contribution in [-0.4, -0.2) is 26.6 Å². The summed E-state index contributed by atoms with van der Waals surface area (Å²) < 4.78 is 0. The maximum absolute atomic E-state index is 13.2. The van der Waals surface area contributed by atoms with Gasteiger partial charge in [-0.2, -0.15) is 0 Å². The van der Waals surface area contributed by atoms with E-state index in [0.29, 0.717) is 18.2 Å². The Morgan fingerprint density at radius 3 is 2.64 bits per heavy atom. The Kier molecular flexibility index (Phi) is 3.58. The summed E-state index contributed by atoms with van der Waals surface area (Å²) in [5, 5.41) is 11.9. The van der Waals surface area contributed by atoms with E-state index >= 15 is 0 Å². The number of fused-ring (bicyclic) bond motifs is 5. The number of nitro groups is 1. The van der Waals surface area contributed by atoms with Gasteiger partial charge in [-0.15, -0.1) is 0 Å². The lowest BCUT2D eigenvalue weighted by Crippen LogP contribution is -2.30. The summed E-state index contributed by atoms with van der Waals surface area (Å²) in [6.07, 6.45) is 1.25. The van der Waals surface area contributed by atoms with Crippen LogP contribution in [0.15, 0.2) is 48.5 Å². The molecule has 3 aromatic rings. The number of imide groups is 1. The van der Waals surface area contributed by atoms with E-state index in [4.69, 9.17) is 0 Å². The number of benzene rings is 2. The van der Waals surface area contributed by atoms with Crippen molar-refractivity contribution in [3.05, 3.63) is 75.5 Å². The van der Waals surface area contributed by atoms with Crippen molar-refractivity contribution in [3.8, 4) is 0 Å². The molecule has 1 aromatic heterocycles. The second-order valence-corrected chi connectivity index (χ2v) is 7.38. The SMILES string of the molecule is O=C1C2CCc3[nH]c4ccc([N+](=O)[O-])cc4c3C2C(=O)N1Cc1ccccc1. The molecule has 140 valence electrons. The second-order valence-electron chi connectivity index (χ2n) is 7.38. The van der Waals surface area contributed by atoms with Gasteiger partial charge in [-0.1, -0.05) is 30.3 Å². The van der Waals surface area contributed by atoms with Crippen LogP contribution in [0.5, 0.6) is 0 Å². The number of nitrogens with zero attached hydrogens (tertiary/aromatic N) is 2. The number of nitro benzene ring substituents is 1. The zero-order valence-corrected chi connectivity index (χ0v) is 14.9. The minimum absolute atomic E-state index is 0.0191. The maximum Gasteiger partial charge on any atom is 0.270 e. The first-order valence-electron chi connectivity index (χ1n) is 9.22. The molecule has 1 fully saturated rings. The van der Waals surface area contributed by atoms with Crippen LogP contribution in [0.1, 0.15) is 29.2 Å². The molecule has 1 aliphatic carbocycles. The summed E-state index contributed by atoms with van der Waals surface area (Å²) in [6.45, 7) is 0.253. The number of nitrogens with one attached hydrogen (secondary N) is 1. The monoisotopic (exact) mass is 375 g/mol. The van der Waals surface area contributed by atoms with Gasteiger partial charge in [-0.05, 0) is 30.0 Å². The van der Waals surface area contributed by atoms with Gasteiger partial charge < -0.3 is 4.98 Å². The number of aromatic nitrogens is 1. The lowest BCUT2D eigenvalue weighted by atomic mass is 9.78. The summed E-state index contributed by atoms with van der Waals surface area (Å²) in [5.41, 5.74) is 3.30. The second kappa shape index (κ2) is 6.02. The van der Waals surface area contributed by atoms with Crippen molar-refractivity contribution in [1.29, 1.82) is 0 Å². The van der Waals surface area contributed by atoms with Crippen molar-refractivity contribution >= 4 is 28.4 Å². The Balaban J connectivity index is 1.59. The van der Waals surface area contributed by atoms with E-state index in [0.717, 1.165) is 22.3 Å². The number of carbonyl (C=O) groups excluding carboxylic acids is 2. The molecule has 2 unspecified atom stereocenters. The molecule has 2 atom stereocenters. The van der Waals surface area contributed by atoms with Crippen LogP contribution in [0.25, 0.3) is 10.9 Å². The third-order valence-electron chi connectivity index (χ3n) is 5.83. The summed E-state index contributed by atoms with van der Waals surface area (Å²) in [5.74, 6) is -1.34. The molecule has 0 radical (unpaired) electrons. The first kappa shape index (κ1) is 16.7. The van der Waals surface area contributed by atoms with Gasteiger partial charge in [0.15, 0.2) is 0 Å². The fraction of sp³-hybridized carbons (Fsp3) is 0.238. The Labute approximate surface area is 160 Å². The lowest BCUT2D eigenvalue weighted by Gasteiger charge is -2.21. The number of aryl methyl sites for hydroxylation is 1. The molecule has 7 nitrogen and oxygen atoms in total. The van der Waals surface area contributed by atoms with Crippen molar-refractivity contribution in [2.24, 2.45) is 5.92 Å². The third-order valence-corrected chi connectivity index (χ3v) is 5.83. The van der Waals surface area contributed by atoms with Gasteiger partial charge in [0.1, 0.15) is 0 Å². The molecule has 0 spiro atoms. The van der Waals surface area contributed by atoms with Crippen LogP contribution in [-0.2, 0) is 22.6 Å². The van der Waals surface area contributed by atoms with Gasteiger partial charge in [0.2, 0.25) is 11.8 Å². The maximum atomic E-state index is 13.2. The van der Waals surface area contributed by atoms with Gasteiger partial charge in [0, 0.05) is 28.7 Å². The van der Waals surface area contributed by atoms with E-state index in [1.165, 1.54) is 17.0 Å². The van der Waals surface area contributed by atoms with Crippen LogP contribution in [0.2, 0.25) is 0 Å². The number of aromatic amines is 1. The smallest absolute Gasteiger partial charge is 0.270 e. The summed E-state index contributed by atoms with van der Waals surface area (Å²) in [6, 6.07) is 14.1.